The van der Waals surface area contributed by atoms with Crippen LogP contribution in [0.2, 0.25) is 0 Å². The van der Waals surface area contributed by atoms with Crippen LogP contribution in [0.15, 0.2) is 24.3 Å². The van der Waals surface area contributed by atoms with E-state index in [-0.39, 0.29) is 11.2 Å². The Morgan fingerprint density at radius 2 is 1.68 bits per heavy atom. The van der Waals surface area contributed by atoms with E-state index in [0.717, 1.165) is 4.74 Å². The number of hydrogen-bond donors (Lipinski definition) is 1. The molecular weight excluding hydrogens is 246 g/mol. The van der Waals surface area contributed by atoms with Crippen LogP contribution < -0.4 is 5.32 Å². The molecule has 0 spiro atoms. The van der Waals surface area contributed by atoms with Crippen LogP contribution in [0.4, 0.5) is 5.69 Å². The average Bonchev–Trinajstić information content (AvgIpc) is 2.49. The van der Waals surface area contributed by atoms with Gasteiger partial charge in [0, 0.05) is 12.1 Å². The summed E-state index contributed by atoms with van der Waals surface area (Å²) in [6.07, 6.45) is 0. The highest BCUT2D eigenvalue weighted by Crippen LogP contribution is 2.30. The van der Waals surface area contributed by atoms with Crippen molar-refractivity contribution in [3.63, 3.8) is 0 Å². The van der Waals surface area contributed by atoms with Crippen LogP contribution in [0.25, 0.3) is 0 Å². The molecule has 1 aliphatic heterocycles. The summed E-state index contributed by atoms with van der Waals surface area (Å²) in [5.41, 5.74) is -0.312. The van der Waals surface area contributed by atoms with Gasteiger partial charge in [-0.25, -0.2) is 0 Å². The zero-order valence-electron chi connectivity index (χ0n) is 11.4. The third kappa shape index (κ3) is 1.93. The molecule has 6 nitrogen and oxygen atoms in total. The number of nitro benzene ring substituents is 1. The molecule has 0 atom stereocenters. The number of benzene rings is 1. The van der Waals surface area contributed by atoms with Gasteiger partial charge >= 0.3 is 0 Å². The maximum atomic E-state index is 12.3. The third-order valence-corrected chi connectivity index (χ3v) is 4.02. The highest BCUT2D eigenvalue weighted by atomic mass is 16.6. The van der Waals surface area contributed by atoms with E-state index in [1.54, 1.807) is 12.1 Å². The highest BCUT2D eigenvalue weighted by molar-refractivity contribution is 5.97. The van der Waals surface area contributed by atoms with Gasteiger partial charge in [0.1, 0.15) is 11.1 Å². The zero-order chi connectivity index (χ0) is 14.4. The second kappa shape index (κ2) is 3.94. The van der Waals surface area contributed by atoms with Crippen LogP contribution in [0.3, 0.4) is 0 Å². The standard InChI is InChI=1S/C13H17N3O3/c1-12(2)13(3,4)15(17)11(14-12)9-5-7-10(8-6-9)16(18)19/h5-8,14H,1-4H3. The fourth-order valence-corrected chi connectivity index (χ4v) is 1.96. The summed E-state index contributed by atoms with van der Waals surface area (Å²) in [5.74, 6) is 0.449. The molecule has 19 heavy (non-hydrogen) atoms. The lowest BCUT2D eigenvalue weighted by molar-refractivity contribution is -0.539. The Labute approximate surface area is 111 Å². The first-order valence-electron chi connectivity index (χ1n) is 6.04. The molecule has 1 aliphatic rings. The zero-order valence-corrected chi connectivity index (χ0v) is 11.4. The molecular formula is C13H17N3O3. The maximum Gasteiger partial charge on any atom is 0.281 e. The summed E-state index contributed by atoms with van der Waals surface area (Å²) in [6, 6.07) is 5.97. The van der Waals surface area contributed by atoms with Crippen LogP contribution in [-0.4, -0.2) is 26.6 Å². The van der Waals surface area contributed by atoms with E-state index in [1.165, 1.54) is 12.1 Å². The van der Waals surface area contributed by atoms with Crippen molar-refractivity contribution in [3.05, 3.63) is 45.2 Å². The number of hydroxylamine groups is 1. The molecule has 102 valence electrons. The van der Waals surface area contributed by atoms with Gasteiger partial charge in [-0.3, -0.25) is 20.2 Å². The van der Waals surface area contributed by atoms with Gasteiger partial charge in [-0.15, -0.1) is 0 Å². The van der Waals surface area contributed by atoms with Crippen molar-refractivity contribution >= 4 is 11.5 Å². The number of amidine groups is 1. The predicted octanol–water partition coefficient (Wildman–Crippen LogP) is 2.01. The summed E-state index contributed by atoms with van der Waals surface area (Å²) in [7, 11) is 0. The minimum absolute atomic E-state index is 0.0123. The van der Waals surface area contributed by atoms with Crippen molar-refractivity contribution in [1.82, 2.24) is 5.32 Å². The SMILES string of the molecule is CC1(C)NC(c2ccc([N+](=O)[O-])cc2)=[N+]([O-])C1(C)C. The van der Waals surface area contributed by atoms with E-state index in [2.05, 4.69) is 5.32 Å². The highest BCUT2D eigenvalue weighted by Gasteiger charge is 2.51. The van der Waals surface area contributed by atoms with E-state index in [4.69, 9.17) is 0 Å². The Morgan fingerprint density at radius 1 is 1.16 bits per heavy atom. The second-order valence-electron chi connectivity index (χ2n) is 5.76. The molecule has 0 saturated carbocycles. The van der Waals surface area contributed by atoms with Gasteiger partial charge in [0.15, 0.2) is 0 Å². The molecule has 0 bridgehead atoms. The number of nitrogens with zero attached hydrogens (tertiary/aromatic N) is 2. The predicted molar refractivity (Wildman–Crippen MR) is 72.1 cm³/mol. The molecule has 0 fully saturated rings. The fourth-order valence-electron chi connectivity index (χ4n) is 1.96. The van der Waals surface area contributed by atoms with Crippen LogP contribution >= 0.6 is 0 Å². The molecule has 0 radical (unpaired) electrons. The first-order chi connectivity index (χ1) is 8.67. The van der Waals surface area contributed by atoms with Crippen LogP contribution in [0.5, 0.6) is 0 Å². The fraction of sp³-hybridized carbons (Fsp3) is 0.462. The molecule has 0 amide bonds. The molecule has 0 unspecified atom stereocenters. The molecule has 0 aliphatic carbocycles. The molecule has 6 heteroatoms. The van der Waals surface area contributed by atoms with Gasteiger partial charge in [-0.1, -0.05) is 0 Å². The van der Waals surface area contributed by atoms with Crippen molar-refractivity contribution in [3.8, 4) is 0 Å². The lowest BCUT2D eigenvalue weighted by Gasteiger charge is -2.32. The van der Waals surface area contributed by atoms with E-state index in [1.807, 2.05) is 27.7 Å². The molecule has 0 aromatic heterocycles. The minimum Gasteiger partial charge on any atom is -0.715 e. The van der Waals surface area contributed by atoms with E-state index in [0.29, 0.717) is 11.4 Å². The molecule has 2 rings (SSSR count). The Bertz CT molecular complexity index is 559. The van der Waals surface area contributed by atoms with Crippen LogP contribution in [0.1, 0.15) is 33.3 Å². The number of nitrogens with one attached hydrogen (secondary N) is 1. The smallest absolute Gasteiger partial charge is 0.281 e. The lowest BCUT2D eigenvalue weighted by atomic mass is 9.84. The lowest BCUT2D eigenvalue weighted by Crippen LogP contribution is -2.52. The van der Waals surface area contributed by atoms with Crippen molar-refractivity contribution in [2.75, 3.05) is 0 Å². The summed E-state index contributed by atoms with van der Waals surface area (Å²) < 4.78 is 0.939. The quantitative estimate of drug-likeness (QED) is 0.383. The largest absolute Gasteiger partial charge is 0.715 e. The van der Waals surface area contributed by atoms with Gasteiger partial charge in [0.25, 0.3) is 11.5 Å². The number of non-ortho nitro benzene ring substituents is 1. The van der Waals surface area contributed by atoms with Gasteiger partial charge in [-0.05, 0) is 39.8 Å². The molecule has 1 heterocycles. The molecule has 0 saturated heterocycles. The first-order valence-corrected chi connectivity index (χ1v) is 6.04. The third-order valence-electron chi connectivity index (χ3n) is 4.02. The Morgan fingerprint density at radius 3 is 2.05 bits per heavy atom. The topological polar surface area (TPSA) is 81.2 Å². The molecule has 1 aromatic rings. The number of nitro groups is 1. The van der Waals surface area contributed by atoms with E-state index >= 15 is 0 Å². The first kappa shape index (κ1) is 13.3. The number of hydrogen-bond acceptors (Lipinski definition) is 4. The van der Waals surface area contributed by atoms with Crippen molar-refractivity contribution < 1.29 is 9.66 Å². The normalized spacial score (nSPS) is 20.2. The van der Waals surface area contributed by atoms with E-state index < -0.39 is 10.5 Å². The summed E-state index contributed by atoms with van der Waals surface area (Å²) in [5, 5.41) is 26.2. The van der Waals surface area contributed by atoms with Gasteiger partial charge < -0.3 is 5.21 Å². The van der Waals surface area contributed by atoms with Crippen LogP contribution in [-0.2, 0) is 0 Å². The Kier molecular flexibility index (Phi) is 2.77. The van der Waals surface area contributed by atoms with Gasteiger partial charge in [-0.2, -0.15) is 0 Å². The summed E-state index contributed by atoms with van der Waals surface area (Å²) in [4.78, 5) is 10.2. The van der Waals surface area contributed by atoms with Crippen molar-refractivity contribution in [2.24, 2.45) is 0 Å². The van der Waals surface area contributed by atoms with Crippen LogP contribution in [0, 0.1) is 15.3 Å². The minimum atomic E-state index is -0.593. The van der Waals surface area contributed by atoms with Crippen molar-refractivity contribution in [2.45, 2.75) is 38.8 Å². The molecule has 1 aromatic carbocycles. The van der Waals surface area contributed by atoms with E-state index in [9.17, 15) is 15.3 Å². The second-order valence-corrected chi connectivity index (χ2v) is 5.76. The summed E-state index contributed by atoms with van der Waals surface area (Å²) in [6.45, 7) is 7.64. The maximum absolute atomic E-state index is 12.3. The van der Waals surface area contributed by atoms with Gasteiger partial charge in [0.05, 0.1) is 10.5 Å². The monoisotopic (exact) mass is 263 g/mol. The van der Waals surface area contributed by atoms with Crippen molar-refractivity contribution in [1.29, 1.82) is 0 Å². The Hall–Kier alpha value is -2.11. The summed E-state index contributed by atoms with van der Waals surface area (Å²) >= 11 is 0. The van der Waals surface area contributed by atoms with Gasteiger partial charge in [0.2, 0.25) is 0 Å². The molecule has 1 N–H and O–H groups in total. The Balaban J connectivity index is 2.43. The average molecular weight is 263 g/mol. The number of rotatable bonds is 2.